The van der Waals surface area contributed by atoms with E-state index in [1.807, 2.05) is 51.1 Å². The number of rotatable bonds is 6. The molecule has 0 saturated heterocycles. The zero-order valence-electron chi connectivity index (χ0n) is 16.1. The fourth-order valence-corrected chi connectivity index (χ4v) is 4.84. The predicted octanol–water partition coefficient (Wildman–Crippen LogP) is 3.17. The van der Waals surface area contributed by atoms with E-state index >= 15 is 0 Å². The molecule has 0 heterocycles. The van der Waals surface area contributed by atoms with Crippen LogP contribution in [-0.2, 0) is 9.53 Å². The number of ether oxygens (including phenoxy) is 1. The maximum atomic E-state index is 12.6. The Bertz CT molecular complexity index is 606. The zero-order valence-corrected chi connectivity index (χ0v) is 18.8. The molecular formula is C20H30O3SeSi. The number of carbonyl (C=O) groups excluding carboxylic acids is 1. The van der Waals surface area contributed by atoms with E-state index < -0.39 is 24.6 Å². The van der Waals surface area contributed by atoms with Crippen LogP contribution in [0.2, 0.25) is 24.5 Å². The van der Waals surface area contributed by atoms with Crippen molar-refractivity contribution in [2.75, 3.05) is 0 Å². The Morgan fingerprint density at radius 3 is 2.36 bits per heavy atom. The van der Waals surface area contributed by atoms with Crippen molar-refractivity contribution in [1.82, 2.24) is 0 Å². The minimum absolute atomic E-state index is 0.185. The number of hydrogen-bond acceptors (Lipinski definition) is 3. The predicted molar refractivity (Wildman–Crippen MR) is 108 cm³/mol. The van der Waals surface area contributed by atoms with E-state index in [1.165, 1.54) is 0 Å². The van der Waals surface area contributed by atoms with E-state index in [9.17, 15) is 9.90 Å². The van der Waals surface area contributed by atoms with Crippen LogP contribution in [-0.4, -0.2) is 45.8 Å². The van der Waals surface area contributed by atoms with Crippen LogP contribution >= 0.6 is 0 Å². The van der Waals surface area contributed by atoms with Gasteiger partial charge in [0.15, 0.2) is 0 Å². The number of aliphatic hydroxyl groups excluding tert-OH is 1. The molecule has 1 aromatic carbocycles. The van der Waals surface area contributed by atoms with Crippen molar-refractivity contribution >= 4 is 33.5 Å². The number of hydrogen-bond donors (Lipinski definition) is 1. The molecule has 0 unspecified atom stereocenters. The summed E-state index contributed by atoms with van der Waals surface area (Å²) in [5, 5.41) is 10.6. The van der Waals surface area contributed by atoms with Gasteiger partial charge in [0.2, 0.25) is 0 Å². The summed E-state index contributed by atoms with van der Waals surface area (Å²) in [6.45, 7) is 12.1. The summed E-state index contributed by atoms with van der Waals surface area (Å²) in [7, 11) is -1.40. The summed E-state index contributed by atoms with van der Waals surface area (Å²) in [4.78, 5) is 12.1. The van der Waals surface area contributed by atoms with Crippen LogP contribution in [0.5, 0.6) is 0 Å². The third-order valence-electron chi connectivity index (χ3n) is 3.02. The molecule has 0 spiro atoms. The Morgan fingerprint density at radius 2 is 1.84 bits per heavy atom. The van der Waals surface area contributed by atoms with Crippen molar-refractivity contribution in [2.45, 2.75) is 69.8 Å². The van der Waals surface area contributed by atoms with Crippen LogP contribution in [0.4, 0.5) is 0 Å². The summed E-state index contributed by atoms with van der Waals surface area (Å²) >= 11 is -0.185. The van der Waals surface area contributed by atoms with E-state index in [0.29, 0.717) is 12.8 Å². The molecule has 0 aliphatic carbocycles. The molecule has 0 amide bonds. The Kier molecular flexibility index (Phi) is 8.44. The van der Waals surface area contributed by atoms with E-state index in [-0.39, 0.29) is 20.9 Å². The summed E-state index contributed by atoms with van der Waals surface area (Å²) < 4.78 is 6.62. The number of esters is 1. The summed E-state index contributed by atoms with van der Waals surface area (Å²) in [6, 6.07) is 9.85. The molecule has 2 atom stereocenters. The first kappa shape index (κ1) is 22.0. The normalized spacial score (nSPS) is 14.2. The molecule has 25 heavy (non-hydrogen) atoms. The van der Waals surface area contributed by atoms with E-state index in [4.69, 9.17) is 4.74 Å². The van der Waals surface area contributed by atoms with Crippen LogP contribution in [0.25, 0.3) is 0 Å². The molecule has 0 bridgehead atoms. The van der Waals surface area contributed by atoms with E-state index in [1.54, 1.807) is 0 Å². The van der Waals surface area contributed by atoms with E-state index in [2.05, 4.69) is 31.1 Å². The monoisotopic (exact) mass is 426 g/mol. The van der Waals surface area contributed by atoms with Crippen LogP contribution in [0.1, 0.15) is 33.6 Å². The van der Waals surface area contributed by atoms with Gasteiger partial charge in [0, 0.05) is 0 Å². The molecule has 5 heteroatoms. The Balaban J connectivity index is 2.81. The topological polar surface area (TPSA) is 46.5 Å². The summed E-state index contributed by atoms with van der Waals surface area (Å²) in [5.41, 5.74) is 2.74. The minimum atomic E-state index is -1.40. The fraction of sp³-hybridized carbons (Fsp3) is 0.550. The first-order valence-electron chi connectivity index (χ1n) is 8.60. The standard InChI is InChI=1S/C20H30O3SeSi/c1-20(2,3)23-19(22)18(24-16-12-8-7-9-13-16)17(21)14-10-11-15-25(4,5)6/h7-9,12-13,17-18,21H,10,14H2,1-6H3/t17-,18+/m0/s1. The van der Waals surface area contributed by atoms with Gasteiger partial charge in [0.05, 0.1) is 0 Å². The van der Waals surface area contributed by atoms with Crippen molar-refractivity contribution in [2.24, 2.45) is 0 Å². The summed E-state index contributed by atoms with van der Waals surface area (Å²) in [6.07, 6.45) is 0.372. The SMILES string of the molecule is CC(C)(C)OC(=O)[C@H]([Se]c1ccccc1)[C@@H](O)CCC#C[Si](C)(C)C. The summed E-state index contributed by atoms with van der Waals surface area (Å²) in [5.74, 6) is 2.85. The first-order chi connectivity index (χ1) is 11.5. The second-order valence-corrected chi connectivity index (χ2v) is 15.3. The molecule has 0 radical (unpaired) electrons. The van der Waals surface area contributed by atoms with Gasteiger partial charge >= 0.3 is 160 Å². The van der Waals surface area contributed by atoms with Crippen molar-refractivity contribution in [3.05, 3.63) is 30.3 Å². The molecule has 0 fully saturated rings. The van der Waals surface area contributed by atoms with Gasteiger partial charge in [0.25, 0.3) is 0 Å². The molecule has 1 rings (SSSR count). The average Bonchev–Trinajstić information content (AvgIpc) is 2.47. The van der Waals surface area contributed by atoms with Crippen LogP contribution in [0.15, 0.2) is 30.3 Å². The molecule has 0 saturated carbocycles. The van der Waals surface area contributed by atoms with E-state index in [0.717, 1.165) is 4.46 Å². The van der Waals surface area contributed by atoms with Gasteiger partial charge in [-0.2, -0.15) is 0 Å². The van der Waals surface area contributed by atoms with Gasteiger partial charge in [-0.05, 0) is 0 Å². The van der Waals surface area contributed by atoms with Gasteiger partial charge in [-0.25, -0.2) is 0 Å². The van der Waals surface area contributed by atoms with Gasteiger partial charge in [-0.15, -0.1) is 0 Å². The Hall–Kier alpha value is -1.05. The van der Waals surface area contributed by atoms with Gasteiger partial charge in [-0.1, -0.05) is 0 Å². The van der Waals surface area contributed by atoms with Gasteiger partial charge in [-0.3, -0.25) is 0 Å². The number of benzene rings is 1. The maximum absolute atomic E-state index is 12.6. The first-order valence-corrected chi connectivity index (χ1v) is 14.0. The van der Waals surface area contributed by atoms with Gasteiger partial charge < -0.3 is 0 Å². The number of carbonyl (C=O) groups is 1. The molecule has 1 N–H and O–H groups in total. The van der Waals surface area contributed by atoms with Crippen LogP contribution in [0.3, 0.4) is 0 Å². The number of aliphatic hydroxyl groups is 1. The second kappa shape index (κ2) is 9.59. The second-order valence-electron chi connectivity index (χ2n) is 8.04. The zero-order chi connectivity index (χ0) is 19.1. The third-order valence-corrected chi connectivity index (χ3v) is 6.69. The Morgan fingerprint density at radius 1 is 1.24 bits per heavy atom. The molecule has 0 aliphatic heterocycles. The third kappa shape index (κ3) is 9.86. The van der Waals surface area contributed by atoms with Crippen LogP contribution < -0.4 is 4.46 Å². The van der Waals surface area contributed by atoms with Crippen molar-refractivity contribution < 1.29 is 14.6 Å². The van der Waals surface area contributed by atoms with Gasteiger partial charge in [0.1, 0.15) is 0 Å². The molecule has 1 aromatic rings. The molecule has 138 valence electrons. The molecule has 3 nitrogen and oxygen atoms in total. The molecule has 0 aromatic heterocycles. The quantitative estimate of drug-likeness (QED) is 0.433. The average molecular weight is 426 g/mol. The van der Waals surface area contributed by atoms with Crippen LogP contribution in [0, 0.1) is 11.5 Å². The Labute approximate surface area is 159 Å². The van der Waals surface area contributed by atoms with Crippen molar-refractivity contribution in [3.63, 3.8) is 0 Å². The fourth-order valence-electron chi connectivity index (χ4n) is 1.99. The van der Waals surface area contributed by atoms with Crippen molar-refractivity contribution in [1.29, 1.82) is 0 Å². The van der Waals surface area contributed by atoms with Crippen molar-refractivity contribution in [3.8, 4) is 11.5 Å². The molecule has 0 aliphatic rings. The molecular weight excluding hydrogens is 395 g/mol.